The molecule has 2 aromatic carbocycles. The zero-order valence-electron chi connectivity index (χ0n) is 15.7. The second kappa shape index (κ2) is 9.94. The highest BCUT2D eigenvalue weighted by Crippen LogP contribution is 2.24. The van der Waals surface area contributed by atoms with E-state index in [2.05, 4.69) is 0 Å². The monoisotopic (exact) mass is 373 g/mol. The van der Waals surface area contributed by atoms with E-state index in [4.69, 9.17) is 15.2 Å². The Balaban J connectivity index is 2.00. The number of aliphatic hydroxyl groups is 1. The number of para-hydroxylation sites is 1. The van der Waals surface area contributed by atoms with Crippen LogP contribution in [-0.2, 0) is 17.6 Å². The van der Waals surface area contributed by atoms with Gasteiger partial charge < -0.3 is 25.4 Å². The van der Waals surface area contributed by atoms with Crippen LogP contribution < -0.4 is 15.2 Å². The number of hydrogen-bond donors (Lipinski definition) is 3. The molecule has 0 aliphatic heterocycles. The van der Waals surface area contributed by atoms with Crippen molar-refractivity contribution in [2.24, 2.45) is 11.7 Å². The molecule has 6 heteroatoms. The summed E-state index contributed by atoms with van der Waals surface area (Å²) in [5, 5.41) is 20.0. The zero-order chi connectivity index (χ0) is 19.8. The zero-order valence-corrected chi connectivity index (χ0v) is 15.7. The van der Waals surface area contributed by atoms with Crippen LogP contribution in [0.1, 0.15) is 17.5 Å². The van der Waals surface area contributed by atoms with Gasteiger partial charge in [0.15, 0.2) is 0 Å². The van der Waals surface area contributed by atoms with Gasteiger partial charge in [-0.3, -0.25) is 4.79 Å². The number of carbonyl (C=O) groups is 1. The molecule has 27 heavy (non-hydrogen) atoms. The maximum absolute atomic E-state index is 11.7. The lowest BCUT2D eigenvalue weighted by molar-refractivity contribution is -0.142. The maximum Gasteiger partial charge on any atom is 0.306 e. The lowest BCUT2D eigenvalue weighted by atomic mass is 9.89. The molecule has 2 rings (SSSR count). The predicted octanol–water partition coefficient (Wildman–Crippen LogP) is 2.27. The number of benzene rings is 2. The Morgan fingerprint density at radius 3 is 2.30 bits per heavy atom. The minimum absolute atomic E-state index is 0.0741. The first-order chi connectivity index (χ1) is 12.9. The third-order valence-corrected chi connectivity index (χ3v) is 4.66. The molecular formula is C21H27NO5. The average Bonchev–Trinajstić information content (AvgIpc) is 2.68. The molecule has 0 aromatic heterocycles. The van der Waals surface area contributed by atoms with E-state index in [1.807, 2.05) is 42.5 Å². The topological polar surface area (TPSA) is 102 Å². The summed E-state index contributed by atoms with van der Waals surface area (Å²) in [6.45, 7) is 0. The molecule has 6 nitrogen and oxygen atoms in total. The van der Waals surface area contributed by atoms with Crippen LogP contribution >= 0.6 is 0 Å². The summed E-state index contributed by atoms with van der Waals surface area (Å²) < 4.78 is 10.4. The quantitative estimate of drug-likeness (QED) is 0.590. The molecule has 0 saturated carbocycles. The second-order valence-corrected chi connectivity index (χ2v) is 6.57. The first kappa shape index (κ1) is 20.7. The number of hydrogen-bond acceptors (Lipinski definition) is 5. The highest BCUT2D eigenvalue weighted by molar-refractivity contribution is 5.70. The molecule has 0 bridgehead atoms. The van der Waals surface area contributed by atoms with Crippen LogP contribution in [0.4, 0.5) is 0 Å². The molecule has 146 valence electrons. The number of aliphatic carboxylic acids is 1. The predicted molar refractivity (Wildman–Crippen MR) is 103 cm³/mol. The van der Waals surface area contributed by atoms with Crippen LogP contribution in [0.3, 0.4) is 0 Å². The number of rotatable bonds is 10. The largest absolute Gasteiger partial charge is 0.497 e. The molecule has 0 radical (unpaired) electrons. The number of carboxylic acids is 1. The van der Waals surface area contributed by atoms with Gasteiger partial charge in [0.05, 0.1) is 26.2 Å². The van der Waals surface area contributed by atoms with Crippen molar-refractivity contribution in [3.8, 4) is 11.5 Å². The van der Waals surface area contributed by atoms with Gasteiger partial charge in [-0.2, -0.15) is 0 Å². The van der Waals surface area contributed by atoms with Crippen molar-refractivity contribution in [3.63, 3.8) is 0 Å². The Hall–Kier alpha value is -2.57. The van der Waals surface area contributed by atoms with Gasteiger partial charge in [0.25, 0.3) is 0 Å². The first-order valence-electron chi connectivity index (χ1n) is 8.85. The first-order valence-corrected chi connectivity index (χ1v) is 8.85. The van der Waals surface area contributed by atoms with Crippen molar-refractivity contribution in [3.05, 3.63) is 59.7 Å². The fraction of sp³-hybridized carbons (Fsp3) is 0.381. The van der Waals surface area contributed by atoms with Crippen LogP contribution in [0.5, 0.6) is 11.5 Å². The molecule has 0 fully saturated rings. The van der Waals surface area contributed by atoms with Gasteiger partial charge in [0, 0.05) is 6.04 Å². The van der Waals surface area contributed by atoms with Gasteiger partial charge in [-0.1, -0.05) is 30.3 Å². The molecule has 2 aromatic rings. The molecule has 4 N–H and O–H groups in total. The Morgan fingerprint density at radius 1 is 1.04 bits per heavy atom. The summed E-state index contributed by atoms with van der Waals surface area (Å²) in [6.07, 6.45) is -0.134. The number of methoxy groups -OCH3 is 2. The average molecular weight is 373 g/mol. The second-order valence-electron chi connectivity index (χ2n) is 6.57. The van der Waals surface area contributed by atoms with Crippen LogP contribution in [0, 0.1) is 5.92 Å². The number of carboxylic acid groups (broad SMARTS) is 1. The Bertz CT molecular complexity index is 732. The summed E-state index contributed by atoms with van der Waals surface area (Å²) in [6, 6.07) is 14.2. The van der Waals surface area contributed by atoms with Gasteiger partial charge in [-0.25, -0.2) is 0 Å². The molecular weight excluding hydrogens is 346 g/mol. The van der Waals surface area contributed by atoms with Gasteiger partial charge in [-0.15, -0.1) is 0 Å². The number of nitrogens with two attached hydrogens (primary N) is 1. The van der Waals surface area contributed by atoms with Crippen molar-refractivity contribution in [1.82, 2.24) is 0 Å². The van der Waals surface area contributed by atoms with Crippen LogP contribution in [0.2, 0.25) is 0 Å². The van der Waals surface area contributed by atoms with Crippen molar-refractivity contribution in [2.45, 2.75) is 31.4 Å². The molecule has 0 spiro atoms. The van der Waals surface area contributed by atoms with Gasteiger partial charge in [0.1, 0.15) is 11.5 Å². The Labute approximate surface area is 159 Å². The highest BCUT2D eigenvalue weighted by Gasteiger charge is 2.26. The minimum Gasteiger partial charge on any atom is -0.497 e. The van der Waals surface area contributed by atoms with Crippen molar-refractivity contribution >= 4 is 5.97 Å². The van der Waals surface area contributed by atoms with E-state index in [9.17, 15) is 15.0 Å². The summed E-state index contributed by atoms with van der Waals surface area (Å²) in [7, 11) is 3.15. The normalized spacial score (nSPS) is 14.2. The number of aliphatic hydroxyl groups excluding tert-OH is 1. The van der Waals surface area contributed by atoms with Crippen LogP contribution in [0.15, 0.2) is 48.5 Å². The standard InChI is InChI=1S/C21H27NO5/c1-26-17-9-7-14(8-10-17)11-18(22)19(23)13-16(21(24)25)12-15-5-3-4-6-20(15)27-2/h3-10,16,18-19,23H,11-13,22H2,1-2H3,(H,24,25)/t16-,18+,19+/m1/s1. The fourth-order valence-electron chi connectivity index (χ4n) is 3.04. The lowest BCUT2D eigenvalue weighted by Gasteiger charge is -2.23. The molecule has 3 atom stereocenters. The summed E-state index contributed by atoms with van der Waals surface area (Å²) in [5.74, 6) is -0.328. The van der Waals surface area contributed by atoms with Gasteiger partial charge >= 0.3 is 5.97 Å². The molecule has 0 aliphatic carbocycles. The molecule has 0 saturated heterocycles. The van der Waals surface area contributed by atoms with E-state index < -0.39 is 24.0 Å². The highest BCUT2D eigenvalue weighted by atomic mass is 16.5. The molecule has 0 heterocycles. The Morgan fingerprint density at radius 2 is 1.70 bits per heavy atom. The summed E-state index contributed by atoms with van der Waals surface area (Å²) in [4.78, 5) is 11.7. The number of ether oxygens (including phenoxy) is 2. The minimum atomic E-state index is -0.961. The fourth-order valence-corrected chi connectivity index (χ4v) is 3.04. The van der Waals surface area contributed by atoms with Crippen LogP contribution in [-0.4, -0.2) is 42.5 Å². The summed E-state index contributed by atoms with van der Waals surface area (Å²) >= 11 is 0. The van der Waals surface area contributed by atoms with E-state index in [0.29, 0.717) is 12.2 Å². The van der Waals surface area contributed by atoms with Gasteiger partial charge in [-0.05, 0) is 48.6 Å². The van der Waals surface area contributed by atoms with Crippen LogP contribution in [0.25, 0.3) is 0 Å². The molecule has 0 unspecified atom stereocenters. The van der Waals surface area contributed by atoms with E-state index in [-0.39, 0.29) is 12.8 Å². The van der Waals surface area contributed by atoms with Crippen molar-refractivity contribution in [1.29, 1.82) is 0 Å². The van der Waals surface area contributed by atoms with Crippen molar-refractivity contribution in [2.75, 3.05) is 14.2 Å². The van der Waals surface area contributed by atoms with E-state index in [1.165, 1.54) is 0 Å². The third-order valence-electron chi connectivity index (χ3n) is 4.66. The maximum atomic E-state index is 11.7. The Kier molecular flexibility index (Phi) is 7.64. The molecule has 0 aliphatic rings. The van der Waals surface area contributed by atoms with Gasteiger partial charge in [0.2, 0.25) is 0 Å². The summed E-state index contributed by atoms with van der Waals surface area (Å²) in [5.41, 5.74) is 7.87. The molecule has 0 amide bonds. The van der Waals surface area contributed by atoms with Crippen molar-refractivity contribution < 1.29 is 24.5 Å². The smallest absolute Gasteiger partial charge is 0.306 e. The SMILES string of the molecule is COc1ccc(C[C@H](N)[C@@H](O)C[C@@H](Cc2ccccc2OC)C(=O)O)cc1. The van der Waals surface area contributed by atoms with E-state index >= 15 is 0 Å². The third kappa shape index (κ3) is 5.98. The van der Waals surface area contributed by atoms with E-state index in [1.54, 1.807) is 20.3 Å². The van der Waals surface area contributed by atoms with E-state index in [0.717, 1.165) is 16.9 Å². The lowest BCUT2D eigenvalue weighted by Crippen LogP contribution is -2.39.